The average Bonchev–Trinajstić information content (AvgIpc) is 2.82. The lowest BCUT2D eigenvalue weighted by Gasteiger charge is -2.21. The van der Waals surface area contributed by atoms with Crippen LogP contribution >= 0.6 is 24.0 Å². The highest BCUT2D eigenvalue weighted by molar-refractivity contribution is 8.26. The van der Waals surface area contributed by atoms with Crippen molar-refractivity contribution in [3.05, 3.63) is 47.4 Å². The molecule has 1 aliphatic rings. The Morgan fingerprint density at radius 1 is 1.50 bits per heavy atom. The number of ether oxygens (including phenoxy) is 1. The third-order valence-electron chi connectivity index (χ3n) is 3.37. The van der Waals surface area contributed by atoms with Crippen molar-refractivity contribution < 1.29 is 19.4 Å². The minimum atomic E-state index is -1.07. The molecule has 0 aliphatic carbocycles. The van der Waals surface area contributed by atoms with Crippen LogP contribution in [0.1, 0.15) is 18.9 Å². The summed E-state index contributed by atoms with van der Waals surface area (Å²) in [5, 5.41) is 9.27. The fourth-order valence-electron chi connectivity index (χ4n) is 2.24. The first kappa shape index (κ1) is 18.2. The lowest BCUT2D eigenvalue weighted by atomic mass is 10.1. The van der Waals surface area contributed by atoms with E-state index < -0.39 is 17.9 Å². The van der Waals surface area contributed by atoms with Crippen molar-refractivity contribution >= 4 is 46.3 Å². The molecule has 1 aliphatic heterocycles. The van der Waals surface area contributed by atoms with Crippen molar-refractivity contribution in [1.82, 2.24) is 4.90 Å². The van der Waals surface area contributed by atoms with Crippen molar-refractivity contribution in [3.8, 4) is 5.75 Å². The molecule has 0 radical (unpaired) electrons. The fraction of sp³-hybridized carbons (Fsp3) is 0.235. The molecule has 1 unspecified atom stereocenters. The van der Waals surface area contributed by atoms with Gasteiger partial charge in [0.15, 0.2) is 0 Å². The fourth-order valence-corrected chi connectivity index (χ4v) is 3.58. The van der Waals surface area contributed by atoms with Crippen LogP contribution in [-0.2, 0) is 9.59 Å². The molecular formula is C17H17NO4S2. The van der Waals surface area contributed by atoms with Crippen LogP contribution in [0.2, 0.25) is 0 Å². The van der Waals surface area contributed by atoms with Crippen LogP contribution in [0, 0.1) is 0 Å². The van der Waals surface area contributed by atoms with Crippen molar-refractivity contribution in [1.29, 1.82) is 0 Å². The maximum absolute atomic E-state index is 12.6. The summed E-state index contributed by atoms with van der Waals surface area (Å²) in [5.74, 6) is -0.838. The zero-order chi connectivity index (χ0) is 17.7. The van der Waals surface area contributed by atoms with Gasteiger partial charge >= 0.3 is 5.97 Å². The molecule has 24 heavy (non-hydrogen) atoms. The largest absolute Gasteiger partial charge is 0.489 e. The van der Waals surface area contributed by atoms with Crippen LogP contribution < -0.4 is 4.74 Å². The first-order valence-electron chi connectivity index (χ1n) is 7.32. The molecular weight excluding hydrogens is 346 g/mol. The van der Waals surface area contributed by atoms with Crippen LogP contribution in [-0.4, -0.2) is 38.9 Å². The van der Waals surface area contributed by atoms with Gasteiger partial charge in [0.05, 0.1) is 4.91 Å². The highest BCUT2D eigenvalue weighted by Crippen LogP contribution is 2.35. The summed E-state index contributed by atoms with van der Waals surface area (Å²) in [4.78, 5) is 25.5. The van der Waals surface area contributed by atoms with Crippen LogP contribution in [0.3, 0.4) is 0 Å². The molecule has 5 nitrogen and oxygen atoms in total. The Balaban J connectivity index is 2.32. The first-order chi connectivity index (χ1) is 11.5. The molecule has 1 aromatic rings. The van der Waals surface area contributed by atoms with Gasteiger partial charge in [-0.2, -0.15) is 0 Å². The van der Waals surface area contributed by atoms with Crippen molar-refractivity contribution in [2.24, 2.45) is 0 Å². The molecule has 1 atom stereocenters. The minimum absolute atomic E-state index is 0.255. The predicted molar refractivity (Wildman–Crippen MR) is 98.9 cm³/mol. The monoisotopic (exact) mass is 363 g/mol. The number of aliphatic carboxylic acids is 1. The highest BCUT2D eigenvalue weighted by Gasteiger charge is 2.39. The van der Waals surface area contributed by atoms with Gasteiger partial charge in [-0.05, 0) is 18.6 Å². The third-order valence-corrected chi connectivity index (χ3v) is 4.70. The molecule has 7 heteroatoms. The van der Waals surface area contributed by atoms with Gasteiger partial charge in [-0.3, -0.25) is 9.69 Å². The van der Waals surface area contributed by atoms with E-state index in [1.165, 1.54) is 4.90 Å². The molecule has 0 aromatic heterocycles. The van der Waals surface area contributed by atoms with E-state index in [1.54, 1.807) is 25.1 Å². The smallest absolute Gasteiger partial charge is 0.326 e. The summed E-state index contributed by atoms with van der Waals surface area (Å²) in [6.07, 6.45) is 3.59. The Labute approximate surface area is 150 Å². The average molecular weight is 363 g/mol. The number of thiocarbonyl (C=S) groups is 1. The van der Waals surface area contributed by atoms with Crippen molar-refractivity contribution in [3.63, 3.8) is 0 Å². The molecule has 0 bridgehead atoms. The van der Waals surface area contributed by atoms with E-state index in [4.69, 9.17) is 17.0 Å². The standard InChI is InChI=1S/C17H17NO4S2/c1-3-9-22-13-8-6-5-7-11(13)10-14-15(19)18(17(23)24-14)12(4-2)16(20)21/h3,5-8,10,12H,1,4,9H2,2H3,(H,20,21)/b14-10+. The number of amides is 1. The molecule has 126 valence electrons. The van der Waals surface area contributed by atoms with Crippen LogP contribution in [0.25, 0.3) is 6.08 Å². The highest BCUT2D eigenvalue weighted by atomic mass is 32.2. The van der Waals surface area contributed by atoms with E-state index in [1.807, 2.05) is 18.2 Å². The van der Waals surface area contributed by atoms with Gasteiger partial charge in [0, 0.05) is 5.56 Å². The maximum atomic E-state index is 12.6. The number of benzene rings is 1. The number of carbonyl (C=O) groups excluding carboxylic acids is 1. The molecule has 1 heterocycles. The number of hydrogen-bond donors (Lipinski definition) is 1. The summed E-state index contributed by atoms with van der Waals surface area (Å²) in [7, 11) is 0. The Hall–Kier alpha value is -2.12. The van der Waals surface area contributed by atoms with Crippen LogP contribution in [0.4, 0.5) is 0 Å². The van der Waals surface area contributed by atoms with Gasteiger partial charge in [-0.1, -0.05) is 61.8 Å². The summed E-state index contributed by atoms with van der Waals surface area (Å²) < 4.78 is 5.82. The van der Waals surface area contributed by atoms with E-state index >= 15 is 0 Å². The van der Waals surface area contributed by atoms with E-state index in [9.17, 15) is 14.7 Å². The molecule has 1 N–H and O–H groups in total. The number of hydrogen-bond acceptors (Lipinski definition) is 5. The molecule has 2 rings (SSSR count). The quantitative estimate of drug-likeness (QED) is 0.455. The van der Waals surface area contributed by atoms with Gasteiger partial charge in [-0.25, -0.2) is 4.79 Å². The summed E-state index contributed by atoms with van der Waals surface area (Å²) in [5.41, 5.74) is 0.725. The van der Waals surface area contributed by atoms with Crippen molar-refractivity contribution in [2.45, 2.75) is 19.4 Å². The van der Waals surface area contributed by atoms with Gasteiger partial charge in [-0.15, -0.1) is 0 Å². The van der Waals surface area contributed by atoms with E-state index in [-0.39, 0.29) is 10.7 Å². The summed E-state index contributed by atoms with van der Waals surface area (Å²) in [6, 6.07) is 6.33. The molecule has 1 fully saturated rings. The van der Waals surface area contributed by atoms with E-state index in [0.29, 0.717) is 17.3 Å². The van der Waals surface area contributed by atoms with Crippen molar-refractivity contribution in [2.75, 3.05) is 6.61 Å². The number of thioether (sulfide) groups is 1. The predicted octanol–water partition coefficient (Wildman–Crippen LogP) is 3.32. The number of nitrogens with zero attached hydrogens (tertiary/aromatic N) is 1. The third kappa shape index (κ3) is 3.85. The van der Waals surface area contributed by atoms with Crippen LogP contribution in [0.5, 0.6) is 5.75 Å². The molecule has 0 spiro atoms. The van der Waals surface area contributed by atoms with Gasteiger partial charge in [0.1, 0.15) is 22.7 Å². The lowest BCUT2D eigenvalue weighted by molar-refractivity contribution is -0.145. The van der Waals surface area contributed by atoms with Gasteiger partial charge in [0.2, 0.25) is 0 Å². The second-order valence-corrected chi connectivity index (χ2v) is 6.63. The Morgan fingerprint density at radius 3 is 2.83 bits per heavy atom. The zero-order valence-corrected chi connectivity index (χ0v) is 14.7. The molecule has 1 aromatic carbocycles. The number of rotatable bonds is 7. The summed E-state index contributed by atoms with van der Waals surface area (Å²) >= 11 is 6.29. The summed E-state index contributed by atoms with van der Waals surface area (Å²) in [6.45, 7) is 5.67. The van der Waals surface area contributed by atoms with Crippen LogP contribution in [0.15, 0.2) is 41.8 Å². The Morgan fingerprint density at radius 2 is 2.21 bits per heavy atom. The first-order valence-corrected chi connectivity index (χ1v) is 8.54. The topological polar surface area (TPSA) is 66.8 Å². The Bertz CT molecular complexity index is 714. The molecule has 0 saturated carbocycles. The number of carboxylic acids is 1. The number of carboxylic acid groups (broad SMARTS) is 1. The lowest BCUT2D eigenvalue weighted by Crippen LogP contribution is -2.43. The number of para-hydroxylation sites is 1. The van der Waals surface area contributed by atoms with Gasteiger partial charge < -0.3 is 9.84 Å². The number of carbonyl (C=O) groups is 2. The molecule has 1 saturated heterocycles. The zero-order valence-electron chi connectivity index (χ0n) is 13.1. The van der Waals surface area contributed by atoms with Gasteiger partial charge in [0.25, 0.3) is 5.91 Å². The minimum Gasteiger partial charge on any atom is -0.489 e. The van der Waals surface area contributed by atoms with E-state index in [0.717, 1.165) is 17.3 Å². The maximum Gasteiger partial charge on any atom is 0.326 e. The Kier molecular flexibility index (Phi) is 6.16. The normalized spacial score (nSPS) is 17.2. The SMILES string of the molecule is C=CCOc1ccccc1/C=C1/SC(=S)N(C(CC)C(=O)O)C1=O. The second-order valence-electron chi connectivity index (χ2n) is 4.95. The van der Waals surface area contributed by atoms with E-state index in [2.05, 4.69) is 6.58 Å². The second kappa shape index (κ2) is 8.12. The molecule has 1 amide bonds.